The Hall–Kier alpha value is -0.0800. The van der Waals surface area contributed by atoms with Gasteiger partial charge in [0, 0.05) is 12.6 Å². The minimum Gasteiger partial charge on any atom is -0.377 e. The summed E-state index contributed by atoms with van der Waals surface area (Å²) in [6, 6.07) is 0.630. The third kappa shape index (κ3) is 6.42. The monoisotopic (exact) mass is 241 g/mol. The van der Waals surface area contributed by atoms with E-state index in [1.807, 2.05) is 0 Å². The van der Waals surface area contributed by atoms with Crippen molar-refractivity contribution in [3.05, 3.63) is 0 Å². The SMILES string of the molecule is CCCCCCCOC1CCCC1NCCC. The molecular formula is C15H31NO. The van der Waals surface area contributed by atoms with Crippen molar-refractivity contribution in [1.29, 1.82) is 0 Å². The number of hydrogen-bond acceptors (Lipinski definition) is 2. The summed E-state index contributed by atoms with van der Waals surface area (Å²) in [5.74, 6) is 0. The Balaban J connectivity index is 2.00. The Morgan fingerprint density at radius 1 is 1.00 bits per heavy atom. The van der Waals surface area contributed by atoms with Crippen LogP contribution in [0.25, 0.3) is 0 Å². The van der Waals surface area contributed by atoms with E-state index in [-0.39, 0.29) is 0 Å². The van der Waals surface area contributed by atoms with E-state index in [0.717, 1.165) is 13.2 Å². The topological polar surface area (TPSA) is 21.3 Å². The quantitative estimate of drug-likeness (QED) is 0.586. The van der Waals surface area contributed by atoms with E-state index < -0.39 is 0 Å². The maximum Gasteiger partial charge on any atom is 0.0728 e. The first kappa shape index (κ1) is 15.0. The minimum atomic E-state index is 0.493. The lowest BCUT2D eigenvalue weighted by Crippen LogP contribution is -2.37. The molecule has 0 amide bonds. The van der Waals surface area contributed by atoms with Crippen LogP contribution in [0.15, 0.2) is 0 Å². The van der Waals surface area contributed by atoms with Gasteiger partial charge < -0.3 is 10.1 Å². The fraction of sp³-hybridized carbons (Fsp3) is 1.00. The van der Waals surface area contributed by atoms with E-state index >= 15 is 0 Å². The van der Waals surface area contributed by atoms with Gasteiger partial charge in [-0.15, -0.1) is 0 Å². The molecule has 17 heavy (non-hydrogen) atoms. The van der Waals surface area contributed by atoms with E-state index in [2.05, 4.69) is 19.2 Å². The summed E-state index contributed by atoms with van der Waals surface area (Å²) < 4.78 is 6.03. The van der Waals surface area contributed by atoms with E-state index in [4.69, 9.17) is 4.74 Å². The zero-order valence-electron chi connectivity index (χ0n) is 11.8. The second-order valence-electron chi connectivity index (χ2n) is 5.31. The highest BCUT2D eigenvalue weighted by molar-refractivity contribution is 4.83. The summed E-state index contributed by atoms with van der Waals surface area (Å²) in [4.78, 5) is 0. The summed E-state index contributed by atoms with van der Waals surface area (Å²) in [7, 11) is 0. The molecule has 102 valence electrons. The summed E-state index contributed by atoms with van der Waals surface area (Å²) >= 11 is 0. The van der Waals surface area contributed by atoms with E-state index in [1.54, 1.807) is 0 Å². The first-order valence-electron chi connectivity index (χ1n) is 7.73. The van der Waals surface area contributed by atoms with Gasteiger partial charge in [0.2, 0.25) is 0 Å². The normalized spacial score (nSPS) is 24.4. The Kier molecular flexibility index (Phi) is 8.72. The predicted molar refractivity (Wildman–Crippen MR) is 74.4 cm³/mol. The smallest absolute Gasteiger partial charge is 0.0728 e. The Morgan fingerprint density at radius 2 is 1.82 bits per heavy atom. The highest BCUT2D eigenvalue weighted by Gasteiger charge is 2.26. The second-order valence-corrected chi connectivity index (χ2v) is 5.31. The number of unbranched alkanes of at least 4 members (excludes halogenated alkanes) is 4. The van der Waals surface area contributed by atoms with Gasteiger partial charge in [-0.1, -0.05) is 39.5 Å². The van der Waals surface area contributed by atoms with Gasteiger partial charge >= 0.3 is 0 Å². The molecule has 1 N–H and O–H groups in total. The molecule has 0 heterocycles. The average molecular weight is 241 g/mol. The molecule has 0 aromatic rings. The molecule has 1 aliphatic rings. The van der Waals surface area contributed by atoms with Crippen molar-refractivity contribution in [2.24, 2.45) is 0 Å². The minimum absolute atomic E-state index is 0.493. The summed E-state index contributed by atoms with van der Waals surface area (Å²) in [5, 5.41) is 3.62. The maximum atomic E-state index is 6.03. The first-order chi connectivity index (χ1) is 8.38. The zero-order chi connectivity index (χ0) is 12.3. The molecule has 2 atom stereocenters. The van der Waals surface area contributed by atoms with Crippen molar-refractivity contribution >= 4 is 0 Å². The lowest BCUT2D eigenvalue weighted by molar-refractivity contribution is 0.0376. The van der Waals surface area contributed by atoms with Crippen molar-refractivity contribution in [2.45, 2.75) is 83.8 Å². The Bertz CT molecular complexity index is 172. The molecule has 2 nitrogen and oxygen atoms in total. The number of ether oxygens (including phenoxy) is 1. The molecule has 1 saturated carbocycles. The third-order valence-corrected chi connectivity index (χ3v) is 3.69. The van der Waals surface area contributed by atoms with Crippen LogP contribution in [0.5, 0.6) is 0 Å². The lowest BCUT2D eigenvalue weighted by atomic mass is 10.1. The molecule has 0 bridgehead atoms. The molecule has 0 aromatic heterocycles. The predicted octanol–water partition coefficient (Wildman–Crippen LogP) is 3.89. The van der Waals surface area contributed by atoms with Crippen molar-refractivity contribution < 1.29 is 4.74 Å². The van der Waals surface area contributed by atoms with Crippen LogP contribution in [-0.4, -0.2) is 25.3 Å². The number of rotatable bonds is 10. The molecule has 0 aromatic carbocycles. The van der Waals surface area contributed by atoms with Gasteiger partial charge in [0.15, 0.2) is 0 Å². The molecule has 2 unspecified atom stereocenters. The van der Waals surface area contributed by atoms with Crippen molar-refractivity contribution in [3.8, 4) is 0 Å². The highest BCUT2D eigenvalue weighted by atomic mass is 16.5. The van der Waals surface area contributed by atoms with Crippen LogP contribution in [0.3, 0.4) is 0 Å². The summed E-state index contributed by atoms with van der Waals surface area (Å²) in [6.45, 7) is 6.60. The summed E-state index contributed by atoms with van der Waals surface area (Å²) in [5.41, 5.74) is 0. The molecule has 0 saturated heterocycles. The van der Waals surface area contributed by atoms with Crippen molar-refractivity contribution in [1.82, 2.24) is 5.32 Å². The lowest BCUT2D eigenvalue weighted by Gasteiger charge is -2.21. The van der Waals surface area contributed by atoms with Crippen LogP contribution < -0.4 is 5.32 Å². The van der Waals surface area contributed by atoms with E-state index in [0.29, 0.717) is 12.1 Å². The van der Waals surface area contributed by atoms with Gasteiger partial charge in [0.25, 0.3) is 0 Å². The van der Waals surface area contributed by atoms with E-state index in [1.165, 1.54) is 57.8 Å². The molecule has 1 rings (SSSR count). The largest absolute Gasteiger partial charge is 0.377 e. The molecule has 2 heteroatoms. The molecule has 1 aliphatic carbocycles. The van der Waals surface area contributed by atoms with Gasteiger partial charge in [-0.3, -0.25) is 0 Å². The van der Waals surface area contributed by atoms with Gasteiger partial charge in [0.05, 0.1) is 6.10 Å². The molecule has 0 radical (unpaired) electrons. The van der Waals surface area contributed by atoms with Crippen LogP contribution in [0.4, 0.5) is 0 Å². The third-order valence-electron chi connectivity index (χ3n) is 3.69. The first-order valence-corrected chi connectivity index (χ1v) is 7.73. The van der Waals surface area contributed by atoms with Gasteiger partial charge in [-0.2, -0.15) is 0 Å². The van der Waals surface area contributed by atoms with Crippen molar-refractivity contribution in [2.75, 3.05) is 13.2 Å². The van der Waals surface area contributed by atoms with Gasteiger partial charge in [-0.05, 0) is 38.6 Å². The molecular weight excluding hydrogens is 210 g/mol. The zero-order valence-corrected chi connectivity index (χ0v) is 11.8. The van der Waals surface area contributed by atoms with Crippen LogP contribution in [0.1, 0.15) is 71.6 Å². The van der Waals surface area contributed by atoms with Gasteiger partial charge in [-0.25, -0.2) is 0 Å². The molecule has 1 fully saturated rings. The standard InChI is InChI=1S/C15H31NO/c1-3-5-6-7-8-13-17-15-11-9-10-14(15)16-12-4-2/h14-16H,3-13H2,1-2H3. The Labute approximate surface area is 108 Å². The van der Waals surface area contributed by atoms with Gasteiger partial charge in [0.1, 0.15) is 0 Å². The van der Waals surface area contributed by atoms with Crippen LogP contribution in [-0.2, 0) is 4.74 Å². The average Bonchev–Trinajstić information content (AvgIpc) is 2.78. The Morgan fingerprint density at radius 3 is 2.59 bits per heavy atom. The summed E-state index contributed by atoms with van der Waals surface area (Å²) in [6.07, 6.45) is 12.3. The maximum absolute atomic E-state index is 6.03. The highest BCUT2D eigenvalue weighted by Crippen LogP contribution is 2.22. The number of hydrogen-bond donors (Lipinski definition) is 1. The van der Waals surface area contributed by atoms with Crippen LogP contribution >= 0.6 is 0 Å². The van der Waals surface area contributed by atoms with E-state index in [9.17, 15) is 0 Å². The second kappa shape index (κ2) is 9.90. The van der Waals surface area contributed by atoms with Crippen molar-refractivity contribution in [3.63, 3.8) is 0 Å². The molecule has 0 aliphatic heterocycles. The number of nitrogens with one attached hydrogen (secondary N) is 1. The fourth-order valence-electron chi connectivity index (χ4n) is 2.63. The fourth-order valence-corrected chi connectivity index (χ4v) is 2.63. The van der Waals surface area contributed by atoms with Crippen LogP contribution in [0, 0.1) is 0 Å². The van der Waals surface area contributed by atoms with Crippen LogP contribution in [0.2, 0.25) is 0 Å². The molecule has 0 spiro atoms.